The van der Waals surface area contributed by atoms with Crippen molar-refractivity contribution in [3.63, 3.8) is 0 Å². The molecule has 0 radical (unpaired) electrons. The third kappa shape index (κ3) is 7.68. The molecule has 1 aliphatic rings. The van der Waals surface area contributed by atoms with Gasteiger partial charge in [-0.1, -0.05) is 36.4 Å². The van der Waals surface area contributed by atoms with Gasteiger partial charge in [-0.2, -0.15) is 0 Å². The summed E-state index contributed by atoms with van der Waals surface area (Å²) >= 11 is 0. The van der Waals surface area contributed by atoms with Crippen LogP contribution in [-0.2, 0) is 22.5 Å². The van der Waals surface area contributed by atoms with Gasteiger partial charge in [-0.25, -0.2) is 19.7 Å². The van der Waals surface area contributed by atoms with Crippen LogP contribution in [0.1, 0.15) is 63.8 Å². The van der Waals surface area contributed by atoms with Crippen LogP contribution in [0.25, 0.3) is 22.2 Å². The Morgan fingerprint density at radius 3 is 2.49 bits per heavy atom. The lowest BCUT2D eigenvalue weighted by atomic mass is 9.93. The number of carbonyl (C=O) groups is 2. The predicted octanol–water partition coefficient (Wildman–Crippen LogP) is 6.02. The zero-order valence-corrected chi connectivity index (χ0v) is 26.7. The van der Waals surface area contributed by atoms with Crippen LogP contribution in [0.15, 0.2) is 67.3 Å². The van der Waals surface area contributed by atoms with Gasteiger partial charge in [0.25, 0.3) is 0 Å². The molecule has 3 heterocycles. The van der Waals surface area contributed by atoms with E-state index in [0.29, 0.717) is 26.1 Å². The summed E-state index contributed by atoms with van der Waals surface area (Å²) < 4.78 is 7.60. The number of carbonyl (C=O) groups excluding carboxylic acids is 1. The van der Waals surface area contributed by atoms with Gasteiger partial charge in [-0.3, -0.25) is 9.69 Å². The number of amides is 2. The van der Waals surface area contributed by atoms with Gasteiger partial charge in [0.05, 0.1) is 11.0 Å². The molecule has 1 fully saturated rings. The van der Waals surface area contributed by atoms with Crippen LogP contribution in [0.2, 0.25) is 0 Å². The van der Waals surface area contributed by atoms with Crippen molar-refractivity contribution in [3.05, 3.63) is 78.6 Å². The van der Waals surface area contributed by atoms with Crippen molar-refractivity contribution in [2.24, 2.45) is 0 Å². The minimum absolute atomic E-state index is 0.0275. The standard InChI is InChI=1S/C35H44N6O4/c1-35(2,3)41(34(43)44)29(19-25-12-14-26(15-13-25)28-21-36-24-37-22-28)20-32(42)39-16-7-9-27(23-39)33-38-30-10-5-6-11-31(30)40(33)17-8-18-45-4/h5-6,10-15,21-22,24,27,29H,7-9,16-20,23H2,1-4H3,(H,43,44). The molecule has 10 nitrogen and oxygen atoms in total. The van der Waals surface area contributed by atoms with Gasteiger partial charge in [0.15, 0.2) is 0 Å². The SMILES string of the molecule is COCCCn1c(C2CCCN(C(=O)CC(Cc3ccc(-c4cncnc4)cc3)N(C(=O)O)C(C)(C)C)C2)nc2ccccc21. The number of rotatable bonds is 11. The predicted molar refractivity (Wildman–Crippen MR) is 174 cm³/mol. The van der Waals surface area contributed by atoms with Crippen molar-refractivity contribution in [2.45, 2.75) is 76.9 Å². The Kier molecular flexibility index (Phi) is 10.1. The highest BCUT2D eigenvalue weighted by Gasteiger charge is 2.36. The first-order valence-electron chi connectivity index (χ1n) is 15.7. The molecule has 2 amide bonds. The van der Waals surface area contributed by atoms with Gasteiger partial charge in [0, 0.05) is 75.2 Å². The lowest BCUT2D eigenvalue weighted by Gasteiger charge is -2.41. The number of ether oxygens (including phenoxy) is 1. The molecule has 5 rings (SSSR count). The summed E-state index contributed by atoms with van der Waals surface area (Å²) in [5, 5.41) is 10.3. The van der Waals surface area contributed by atoms with Crippen LogP contribution in [0, 0.1) is 0 Å². The second-order valence-electron chi connectivity index (χ2n) is 12.8. The number of hydrogen-bond acceptors (Lipinski definition) is 6. The van der Waals surface area contributed by atoms with Crippen molar-refractivity contribution >= 4 is 23.0 Å². The Balaban J connectivity index is 1.36. The Morgan fingerprint density at radius 2 is 1.80 bits per heavy atom. The number of methoxy groups -OCH3 is 1. The van der Waals surface area contributed by atoms with Gasteiger partial charge in [-0.05, 0) is 69.7 Å². The average Bonchev–Trinajstić information content (AvgIpc) is 3.40. The zero-order valence-electron chi connectivity index (χ0n) is 26.7. The van der Waals surface area contributed by atoms with E-state index in [0.717, 1.165) is 59.4 Å². The lowest BCUT2D eigenvalue weighted by molar-refractivity contribution is -0.134. The first-order chi connectivity index (χ1) is 21.7. The van der Waals surface area contributed by atoms with E-state index in [1.54, 1.807) is 19.5 Å². The molecule has 1 aliphatic heterocycles. The number of benzene rings is 2. The maximum Gasteiger partial charge on any atom is 0.408 e. The molecule has 238 valence electrons. The number of aromatic nitrogens is 4. The van der Waals surface area contributed by atoms with Gasteiger partial charge < -0.3 is 19.3 Å². The molecule has 45 heavy (non-hydrogen) atoms. The third-order valence-corrected chi connectivity index (χ3v) is 8.58. The number of imidazole rings is 1. The Morgan fingerprint density at radius 1 is 1.07 bits per heavy atom. The topological polar surface area (TPSA) is 114 Å². The summed E-state index contributed by atoms with van der Waals surface area (Å²) in [5.74, 6) is 1.08. The van der Waals surface area contributed by atoms with Crippen molar-refractivity contribution in [2.75, 3.05) is 26.8 Å². The van der Waals surface area contributed by atoms with Crippen molar-refractivity contribution in [1.82, 2.24) is 29.3 Å². The van der Waals surface area contributed by atoms with E-state index in [2.05, 4.69) is 20.6 Å². The smallest absolute Gasteiger partial charge is 0.408 e. The summed E-state index contributed by atoms with van der Waals surface area (Å²) in [7, 11) is 1.71. The molecule has 0 spiro atoms. The van der Waals surface area contributed by atoms with Crippen LogP contribution >= 0.6 is 0 Å². The van der Waals surface area contributed by atoms with Crippen LogP contribution in [0.5, 0.6) is 0 Å². The van der Waals surface area contributed by atoms with Crippen molar-refractivity contribution in [1.29, 1.82) is 0 Å². The molecule has 2 aromatic heterocycles. The highest BCUT2D eigenvalue weighted by molar-refractivity contribution is 5.79. The number of fused-ring (bicyclic) bond motifs is 1. The van der Waals surface area contributed by atoms with E-state index < -0.39 is 17.7 Å². The fourth-order valence-corrected chi connectivity index (χ4v) is 6.55. The number of aryl methyl sites for hydroxylation is 1. The molecule has 10 heteroatoms. The highest BCUT2D eigenvalue weighted by Crippen LogP contribution is 2.31. The molecule has 0 aliphatic carbocycles. The molecular weight excluding hydrogens is 568 g/mol. The second kappa shape index (κ2) is 14.2. The molecule has 2 aromatic carbocycles. The zero-order chi connectivity index (χ0) is 32.0. The summed E-state index contributed by atoms with van der Waals surface area (Å²) in [6.45, 7) is 8.32. The third-order valence-electron chi connectivity index (χ3n) is 8.58. The average molecular weight is 613 g/mol. The normalized spacial score (nSPS) is 16.1. The number of likely N-dealkylation sites (tertiary alicyclic amines) is 1. The van der Waals surface area contributed by atoms with E-state index in [-0.39, 0.29) is 18.2 Å². The van der Waals surface area contributed by atoms with E-state index in [1.807, 2.05) is 68.1 Å². The van der Waals surface area contributed by atoms with Gasteiger partial charge in [0.2, 0.25) is 5.91 Å². The largest absolute Gasteiger partial charge is 0.465 e. The molecule has 0 bridgehead atoms. The highest BCUT2D eigenvalue weighted by atomic mass is 16.5. The maximum atomic E-state index is 14.0. The van der Waals surface area contributed by atoms with Crippen LogP contribution in [0.3, 0.4) is 0 Å². The lowest BCUT2D eigenvalue weighted by Crippen LogP contribution is -2.54. The van der Waals surface area contributed by atoms with Crippen molar-refractivity contribution in [3.8, 4) is 11.1 Å². The van der Waals surface area contributed by atoms with Gasteiger partial charge in [-0.15, -0.1) is 0 Å². The maximum absolute atomic E-state index is 14.0. The Hall–Kier alpha value is -4.31. The number of nitrogens with zero attached hydrogens (tertiary/aromatic N) is 6. The van der Waals surface area contributed by atoms with E-state index in [1.165, 1.54) is 11.2 Å². The Labute approximate surface area is 265 Å². The van der Waals surface area contributed by atoms with E-state index in [4.69, 9.17) is 9.72 Å². The number of piperidine rings is 1. The van der Waals surface area contributed by atoms with Crippen LogP contribution < -0.4 is 0 Å². The van der Waals surface area contributed by atoms with Crippen molar-refractivity contribution < 1.29 is 19.4 Å². The van der Waals surface area contributed by atoms with E-state index in [9.17, 15) is 14.7 Å². The van der Waals surface area contributed by atoms with Crippen LogP contribution in [-0.4, -0.2) is 84.8 Å². The number of hydrogen-bond donors (Lipinski definition) is 1. The fraction of sp³-hybridized carbons (Fsp3) is 0.457. The molecule has 4 aromatic rings. The molecule has 2 atom stereocenters. The fourth-order valence-electron chi connectivity index (χ4n) is 6.55. The molecule has 0 saturated carbocycles. The summed E-state index contributed by atoms with van der Waals surface area (Å²) in [6.07, 6.45) is 7.21. The minimum Gasteiger partial charge on any atom is -0.465 e. The molecule has 2 unspecified atom stereocenters. The Bertz CT molecular complexity index is 1580. The van der Waals surface area contributed by atoms with E-state index >= 15 is 0 Å². The second-order valence-corrected chi connectivity index (χ2v) is 12.8. The summed E-state index contributed by atoms with van der Waals surface area (Å²) in [5.41, 5.74) is 4.22. The first-order valence-corrected chi connectivity index (χ1v) is 15.7. The monoisotopic (exact) mass is 612 g/mol. The first kappa shape index (κ1) is 32.1. The van der Waals surface area contributed by atoms with Gasteiger partial charge >= 0.3 is 6.09 Å². The molecule has 1 saturated heterocycles. The van der Waals surface area contributed by atoms with Gasteiger partial charge in [0.1, 0.15) is 12.2 Å². The summed E-state index contributed by atoms with van der Waals surface area (Å²) in [6, 6.07) is 15.6. The summed E-state index contributed by atoms with van der Waals surface area (Å²) in [4.78, 5) is 43.2. The van der Waals surface area contributed by atoms with Crippen LogP contribution in [0.4, 0.5) is 4.79 Å². The minimum atomic E-state index is -1.03. The quantitative estimate of drug-likeness (QED) is 0.206. The number of para-hydroxylation sites is 2. The molecule has 1 N–H and O–H groups in total. The number of carboxylic acid groups (broad SMARTS) is 1. The molecular formula is C35H44N6O4.